The van der Waals surface area contributed by atoms with Crippen LogP contribution in [0.1, 0.15) is 25.3 Å². The van der Waals surface area contributed by atoms with Crippen molar-refractivity contribution in [1.29, 1.82) is 0 Å². The molecule has 1 fully saturated rings. The predicted molar refractivity (Wildman–Crippen MR) is 76.2 cm³/mol. The van der Waals surface area contributed by atoms with Crippen molar-refractivity contribution in [3.63, 3.8) is 0 Å². The van der Waals surface area contributed by atoms with Crippen LogP contribution in [0.2, 0.25) is 0 Å². The number of benzene rings is 1. The first-order valence-corrected chi connectivity index (χ1v) is 7.25. The van der Waals surface area contributed by atoms with Crippen LogP contribution >= 0.6 is 0 Å². The number of aliphatic hydroxyl groups is 2. The van der Waals surface area contributed by atoms with Crippen molar-refractivity contribution in [2.45, 2.75) is 44.7 Å². The molecule has 0 aliphatic carbocycles. The van der Waals surface area contributed by atoms with Gasteiger partial charge in [-0.25, -0.2) is 0 Å². The van der Waals surface area contributed by atoms with Crippen LogP contribution in [-0.4, -0.2) is 41.7 Å². The molecule has 112 valence electrons. The molecule has 2 rings (SSSR count). The highest BCUT2D eigenvalue weighted by Gasteiger charge is 2.34. The zero-order chi connectivity index (χ0) is 14.4. The van der Waals surface area contributed by atoms with Gasteiger partial charge in [0, 0.05) is 13.0 Å². The maximum absolute atomic E-state index is 9.87. The summed E-state index contributed by atoms with van der Waals surface area (Å²) in [4.78, 5) is 0. The summed E-state index contributed by atoms with van der Waals surface area (Å²) in [5.74, 6) is 0.316. The van der Waals surface area contributed by atoms with Crippen molar-refractivity contribution in [2.24, 2.45) is 5.92 Å². The lowest BCUT2D eigenvalue weighted by molar-refractivity contribution is -0.0277. The lowest BCUT2D eigenvalue weighted by Crippen LogP contribution is -2.25. The van der Waals surface area contributed by atoms with Gasteiger partial charge in [-0.15, -0.1) is 0 Å². The summed E-state index contributed by atoms with van der Waals surface area (Å²) in [6, 6.07) is 10.1. The van der Waals surface area contributed by atoms with E-state index in [-0.39, 0.29) is 18.8 Å². The molecule has 2 N–H and O–H groups in total. The minimum absolute atomic E-state index is 0.0214. The van der Waals surface area contributed by atoms with Gasteiger partial charge in [-0.3, -0.25) is 0 Å². The largest absolute Gasteiger partial charge is 0.394 e. The minimum Gasteiger partial charge on any atom is -0.394 e. The van der Waals surface area contributed by atoms with E-state index in [9.17, 15) is 5.11 Å². The quantitative estimate of drug-likeness (QED) is 0.799. The molecule has 1 aromatic carbocycles. The van der Waals surface area contributed by atoms with Crippen LogP contribution in [-0.2, 0) is 16.1 Å². The Labute approximate surface area is 120 Å². The molecular formula is C16H24O4. The molecule has 1 saturated heterocycles. The molecule has 0 aromatic heterocycles. The fraction of sp³-hybridized carbons (Fsp3) is 0.625. The predicted octanol–water partition coefficient (Wildman–Crippen LogP) is 1.74. The molecule has 0 amide bonds. The first-order valence-electron chi connectivity index (χ1n) is 7.25. The van der Waals surface area contributed by atoms with Gasteiger partial charge in [-0.05, 0) is 17.9 Å². The molecule has 1 heterocycles. The average molecular weight is 280 g/mol. The molecule has 4 heteroatoms. The van der Waals surface area contributed by atoms with E-state index >= 15 is 0 Å². The maximum Gasteiger partial charge on any atom is 0.0843 e. The first-order chi connectivity index (χ1) is 9.69. The van der Waals surface area contributed by atoms with E-state index in [1.165, 1.54) is 0 Å². The Kier molecular flexibility index (Phi) is 5.98. The van der Waals surface area contributed by atoms with E-state index < -0.39 is 6.10 Å². The lowest BCUT2D eigenvalue weighted by atomic mass is 10.0. The maximum atomic E-state index is 9.87. The molecule has 20 heavy (non-hydrogen) atoms. The summed E-state index contributed by atoms with van der Waals surface area (Å²) in [6.45, 7) is 3.32. The van der Waals surface area contributed by atoms with Crippen LogP contribution < -0.4 is 0 Å². The number of rotatable bonds is 7. The standard InChI is InChI=1S/C16H24O4/c1-12(7-16-15(18)8-14(9-17)20-16)10-19-11-13-5-3-2-4-6-13/h2-6,12,14-18H,7-11H2,1H3/t12?,14-,15-,16-/m0/s1. The SMILES string of the molecule is CC(COCc1ccccc1)C[C@@H]1O[C@H](CO)C[C@@H]1O. The zero-order valence-electron chi connectivity index (χ0n) is 11.9. The minimum atomic E-state index is -0.469. The fourth-order valence-electron chi connectivity index (χ4n) is 2.56. The van der Waals surface area contributed by atoms with E-state index in [4.69, 9.17) is 14.6 Å². The number of aliphatic hydroxyl groups excluding tert-OH is 2. The van der Waals surface area contributed by atoms with Gasteiger partial charge in [0.05, 0.1) is 31.5 Å². The molecular weight excluding hydrogens is 256 g/mol. The highest BCUT2D eigenvalue weighted by atomic mass is 16.5. The molecule has 4 atom stereocenters. The highest BCUT2D eigenvalue weighted by molar-refractivity contribution is 5.13. The van der Waals surface area contributed by atoms with Crippen LogP contribution in [0.5, 0.6) is 0 Å². The van der Waals surface area contributed by atoms with E-state index in [1.54, 1.807) is 0 Å². The van der Waals surface area contributed by atoms with Crippen molar-refractivity contribution in [1.82, 2.24) is 0 Å². The zero-order valence-corrected chi connectivity index (χ0v) is 11.9. The van der Waals surface area contributed by atoms with Gasteiger partial charge >= 0.3 is 0 Å². The lowest BCUT2D eigenvalue weighted by Gasteiger charge is -2.19. The third-order valence-corrected chi connectivity index (χ3v) is 3.65. The van der Waals surface area contributed by atoms with Gasteiger partial charge in [0.15, 0.2) is 0 Å². The smallest absolute Gasteiger partial charge is 0.0843 e. The van der Waals surface area contributed by atoms with Crippen LogP contribution in [0.3, 0.4) is 0 Å². The average Bonchev–Trinajstić information content (AvgIpc) is 2.80. The van der Waals surface area contributed by atoms with E-state index in [2.05, 4.69) is 6.92 Å². The number of ether oxygens (including phenoxy) is 2. The van der Waals surface area contributed by atoms with Crippen LogP contribution in [0.4, 0.5) is 0 Å². The summed E-state index contributed by atoms with van der Waals surface area (Å²) >= 11 is 0. The second-order valence-electron chi connectivity index (χ2n) is 5.62. The summed E-state index contributed by atoms with van der Waals surface area (Å²) in [6.07, 6.45) is 0.421. The van der Waals surface area contributed by atoms with Crippen molar-refractivity contribution >= 4 is 0 Å². The van der Waals surface area contributed by atoms with Gasteiger partial charge < -0.3 is 19.7 Å². The normalized spacial score (nSPS) is 27.6. The van der Waals surface area contributed by atoms with E-state index in [0.29, 0.717) is 25.6 Å². The molecule has 4 nitrogen and oxygen atoms in total. The molecule has 0 radical (unpaired) electrons. The van der Waals surface area contributed by atoms with Gasteiger partial charge in [0.1, 0.15) is 0 Å². The Morgan fingerprint density at radius 2 is 2.10 bits per heavy atom. The van der Waals surface area contributed by atoms with Gasteiger partial charge in [0.25, 0.3) is 0 Å². The second kappa shape index (κ2) is 7.74. The molecule has 0 spiro atoms. The van der Waals surface area contributed by atoms with Crippen LogP contribution in [0.25, 0.3) is 0 Å². The van der Waals surface area contributed by atoms with Crippen molar-refractivity contribution in [2.75, 3.05) is 13.2 Å². The first kappa shape index (κ1) is 15.4. The Bertz CT molecular complexity index is 381. The van der Waals surface area contributed by atoms with E-state index in [1.807, 2.05) is 30.3 Å². The second-order valence-corrected chi connectivity index (χ2v) is 5.62. The summed E-state index contributed by atoms with van der Waals surface area (Å²) in [5, 5.41) is 18.9. The van der Waals surface area contributed by atoms with Crippen LogP contribution in [0, 0.1) is 5.92 Å². The Morgan fingerprint density at radius 3 is 2.75 bits per heavy atom. The Hall–Kier alpha value is -0.940. The van der Waals surface area contributed by atoms with Crippen molar-refractivity contribution < 1.29 is 19.7 Å². The fourth-order valence-corrected chi connectivity index (χ4v) is 2.56. The Balaban J connectivity index is 1.67. The summed E-state index contributed by atoms with van der Waals surface area (Å²) in [5.41, 5.74) is 1.16. The monoisotopic (exact) mass is 280 g/mol. The van der Waals surface area contributed by atoms with Gasteiger partial charge in [-0.1, -0.05) is 37.3 Å². The molecule has 1 unspecified atom stereocenters. The van der Waals surface area contributed by atoms with Crippen LogP contribution in [0.15, 0.2) is 30.3 Å². The molecule has 1 aromatic rings. The Morgan fingerprint density at radius 1 is 1.35 bits per heavy atom. The third-order valence-electron chi connectivity index (χ3n) is 3.65. The molecule has 1 aliphatic heterocycles. The van der Waals surface area contributed by atoms with Gasteiger partial charge in [0.2, 0.25) is 0 Å². The van der Waals surface area contributed by atoms with E-state index in [0.717, 1.165) is 12.0 Å². The van der Waals surface area contributed by atoms with Gasteiger partial charge in [-0.2, -0.15) is 0 Å². The highest BCUT2D eigenvalue weighted by Crippen LogP contribution is 2.25. The molecule has 0 saturated carbocycles. The van der Waals surface area contributed by atoms with Crippen molar-refractivity contribution in [3.8, 4) is 0 Å². The third kappa shape index (κ3) is 4.56. The molecule has 0 bridgehead atoms. The summed E-state index contributed by atoms with van der Waals surface area (Å²) in [7, 11) is 0. The topological polar surface area (TPSA) is 58.9 Å². The van der Waals surface area contributed by atoms with Crippen molar-refractivity contribution in [3.05, 3.63) is 35.9 Å². The summed E-state index contributed by atoms with van der Waals surface area (Å²) < 4.78 is 11.3. The molecule has 1 aliphatic rings. The number of hydrogen-bond donors (Lipinski definition) is 2. The number of hydrogen-bond acceptors (Lipinski definition) is 4.